The topological polar surface area (TPSA) is 79.4 Å². The summed E-state index contributed by atoms with van der Waals surface area (Å²) in [6.45, 7) is 2.04. The Morgan fingerprint density at radius 3 is 2.65 bits per heavy atom. The SMILES string of the molecule is CC(Nc1cncc(C(=O)N(C)C2CCS(=O)(=O)C2)c1)c1ccccc1. The number of pyridine rings is 1. The van der Waals surface area contributed by atoms with Crippen molar-refractivity contribution in [2.75, 3.05) is 23.9 Å². The van der Waals surface area contributed by atoms with Crippen molar-refractivity contribution in [2.45, 2.75) is 25.4 Å². The molecule has 1 N–H and O–H groups in total. The number of benzene rings is 1. The van der Waals surface area contributed by atoms with Crippen molar-refractivity contribution in [1.82, 2.24) is 9.88 Å². The minimum Gasteiger partial charge on any atom is -0.377 e. The van der Waals surface area contributed by atoms with Gasteiger partial charge in [-0.3, -0.25) is 9.78 Å². The molecule has 2 aromatic rings. The fraction of sp³-hybridized carbons (Fsp3) is 0.368. The molecule has 2 heterocycles. The van der Waals surface area contributed by atoms with Crippen molar-refractivity contribution >= 4 is 21.4 Å². The number of aromatic nitrogens is 1. The highest BCUT2D eigenvalue weighted by atomic mass is 32.2. The molecule has 138 valence electrons. The largest absolute Gasteiger partial charge is 0.377 e. The van der Waals surface area contributed by atoms with Crippen molar-refractivity contribution in [3.63, 3.8) is 0 Å². The van der Waals surface area contributed by atoms with E-state index in [1.165, 1.54) is 11.1 Å². The lowest BCUT2D eigenvalue weighted by Gasteiger charge is -2.23. The second kappa shape index (κ2) is 7.45. The number of carbonyl (C=O) groups excluding carboxylic acids is 1. The minimum absolute atomic E-state index is 0.0334. The second-order valence-electron chi connectivity index (χ2n) is 6.71. The van der Waals surface area contributed by atoms with Gasteiger partial charge in [0.05, 0.1) is 22.8 Å². The molecule has 7 heteroatoms. The molecule has 0 radical (unpaired) electrons. The Balaban J connectivity index is 1.71. The van der Waals surface area contributed by atoms with E-state index in [9.17, 15) is 13.2 Å². The maximum absolute atomic E-state index is 12.7. The highest BCUT2D eigenvalue weighted by molar-refractivity contribution is 7.91. The first-order valence-corrected chi connectivity index (χ1v) is 10.4. The smallest absolute Gasteiger partial charge is 0.255 e. The molecule has 1 aliphatic rings. The van der Waals surface area contributed by atoms with Crippen LogP contribution < -0.4 is 5.32 Å². The summed E-state index contributed by atoms with van der Waals surface area (Å²) in [6, 6.07) is 11.6. The molecule has 0 saturated carbocycles. The highest BCUT2D eigenvalue weighted by Gasteiger charge is 2.33. The number of hydrogen-bond donors (Lipinski definition) is 1. The Morgan fingerprint density at radius 2 is 2.00 bits per heavy atom. The van der Waals surface area contributed by atoms with Crippen LogP contribution in [0.25, 0.3) is 0 Å². The fourth-order valence-electron chi connectivity index (χ4n) is 3.16. The van der Waals surface area contributed by atoms with Crippen LogP contribution >= 0.6 is 0 Å². The Hall–Kier alpha value is -2.41. The van der Waals surface area contributed by atoms with Crippen LogP contribution in [0.3, 0.4) is 0 Å². The average Bonchev–Trinajstić information content (AvgIpc) is 3.01. The lowest BCUT2D eigenvalue weighted by Crippen LogP contribution is -2.37. The van der Waals surface area contributed by atoms with Gasteiger partial charge in [-0.25, -0.2) is 8.42 Å². The first-order valence-electron chi connectivity index (χ1n) is 8.60. The monoisotopic (exact) mass is 373 g/mol. The molecule has 26 heavy (non-hydrogen) atoms. The predicted molar refractivity (Wildman–Crippen MR) is 102 cm³/mol. The van der Waals surface area contributed by atoms with Crippen LogP contribution in [0.15, 0.2) is 48.8 Å². The highest BCUT2D eigenvalue weighted by Crippen LogP contribution is 2.21. The van der Waals surface area contributed by atoms with Gasteiger partial charge >= 0.3 is 0 Å². The zero-order chi connectivity index (χ0) is 18.7. The Morgan fingerprint density at radius 1 is 1.27 bits per heavy atom. The van der Waals surface area contributed by atoms with E-state index in [4.69, 9.17) is 0 Å². The number of carbonyl (C=O) groups is 1. The van der Waals surface area contributed by atoms with Crippen LogP contribution in [0, 0.1) is 0 Å². The van der Waals surface area contributed by atoms with Gasteiger partial charge in [0.15, 0.2) is 9.84 Å². The molecular formula is C19H23N3O3S. The molecule has 1 amide bonds. The first-order chi connectivity index (χ1) is 12.4. The van der Waals surface area contributed by atoms with Crippen molar-refractivity contribution in [3.05, 3.63) is 59.9 Å². The molecule has 2 atom stereocenters. The number of anilines is 1. The molecule has 3 rings (SSSR count). The Labute approximate surface area is 154 Å². The number of nitrogens with one attached hydrogen (secondary N) is 1. The maximum Gasteiger partial charge on any atom is 0.255 e. The number of sulfone groups is 1. The van der Waals surface area contributed by atoms with Gasteiger partial charge in [-0.05, 0) is 25.0 Å². The van der Waals surface area contributed by atoms with Gasteiger partial charge in [-0.1, -0.05) is 30.3 Å². The average molecular weight is 373 g/mol. The van der Waals surface area contributed by atoms with Crippen molar-refractivity contribution in [1.29, 1.82) is 0 Å². The molecule has 1 aromatic carbocycles. The second-order valence-corrected chi connectivity index (χ2v) is 8.94. The Kier molecular flexibility index (Phi) is 5.27. The number of hydrogen-bond acceptors (Lipinski definition) is 5. The Bertz CT molecular complexity index is 884. The minimum atomic E-state index is -3.03. The van der Waals surface area contributed by atoms with Gasteiger partial charge in [0.1, 0.15) is 0 Å². The van der Waals surface area contributed by atoms with Gasteiger partial charge in [0.2, 0.25) is 0 Å². The molecule has 2 unspecified atom stereocenters. The fourth-order valence-corrected chi connectivity index (χ4v) is 4.94. The molecule has 6 nitrogen and oxygen atoms in total. The summed E-state index contributed by atoms with van der Waals surface area (Å²) in [5.74, 6) is -0.0364. The van der Waals surface area contributed by atoms with Crippen LogP contribution in [-0.4, -0.2) is 48.8 Å². The van der Waals surface area contributed by atoms with Gasteiger partial charge < -0.3 is 10.2 Å². The summed E-state index contributed by atoms with van der Waals surface area (Å²) in [6.07, 6.45) is 3.68. The number of amides is 1. The quantitative estimate of drug-likeness (QED) is 0.871. The third-order valence-electron chi connectivity index (χ3n) is 4.74. The van der Waals surface area contributed by atoms with E-state index in [1.807, 2.05) is 37.3 Å². The van der Waals surface area contributed by atoms with Crippen molar-refractivity contribution in [2.24, 2.45) is 0 Å². The number of nitrogens with zero attached hydrogens (tertiary/aromatic N) is 2. The summed E-state index contributed by atoms with van der Waals surface area (Å²) >= 11 is 0. The lowest BCUT2D eigenvalue weighted by molar-refractivity contribution is 0.0747. The summed E-state index contributed by atoms with van der Waals surface area (Å²) in [5.41, 5.74) is 2.33. The zero-order valence-electron chi connectivity index (χ0n) is 14.9. The molecule has 0 bridgehead atoms. The van der Waals surface area contributed by atoms with Crippen LogP contribution in [0.4, 0.5) is 5.69 Å². The molecule has 1 saturated heterocycles. The summed E-state index contributed by atoms with van der Waals surface area (Å²) < 4.78 is 23.3. The molecular weight excluding hydrogens is 350 g/mol. The maximum atomic E-state index is 12.7. The predicted octanol–water partition coefficient (Wildman–Crippen LogP) is 2.51. The van der Waals surface area contributed by atoms with Crippen molar-refractivity contribution < 1.29 is 13.2 Å². The zero-order valence-corrected chi connectivity index (χ0v) is 15.7. The molecule has 1 fully saturated rings. The summed E-state index contributed by atoms with van der Waals surface area (Å²) in [5, 5.41) is 3.35. The molecule has 0 spiro atoms. The van der Waals surface area contributed by atoms with Gasteiger partial charge in [0, 0.05) is 31.5 Å². The third kappa shape index (κ3) is 4.22. The normalized spacial score (nSPS) is 19.7. The van der Waals surface area contributed by atoms with Crippen LogP contribution in [0.2, 0.25) is 0 Å². The van der Waals surface area contributed by atoms with E-state index in [0.717, 1.165) is 11.3 Å². The first kappa shape index (κ1) is 18.4. The van der Waals surface area contributed by atoms with E-state index in [-0.39, 0.29) is 29.5 Å². The van der Waals surface area contributed by atoms with Crippen LogP contribution in [0.1, 0.15) is 35.3 Å². The summed E-state index contributed by atoms with van der Waals surface area (Å²) in [7, 11) is -1.38. The van der Waals surface area contributed by atoms with Gasteiger partial charge in [-0.15, -0.1) is 0 Å². The van der Waals surface area contributed by atoms with E-state index in [0.29, 0.717) is 12.0 Å². The molecule has 0 aliphatic carbocycles. The third-order valence-corrected chi connectivity index (χ3v) is 6.49. The lowest BCUT2D eigenvalue weighted by atomic mass is 10.1. The number of rotatable bonds is 5. The standard InChI is InChI=1S/C19H23N3O3S/c1-14(15-6-4-3-5-7-15)21-17-10-16(11-20-12-17)19(23)22(2)18-8-9-26(24,25)13-18/h3-7,10-12,14,18,21H,8-9,13H2,1-2H3. The van der Waals surface area contributed by atoms with Crippen molar-refractivity contribution in [3.8, 4) is 0 Å². The van der Waals surface area contributed by atoms with E-state index >= 15 is 0 Å². The summed E-state index contributed by atoms with van der Waals surface area (Å²) in [4.78, 5) is 18.4. The van der Waals surface area contributed by atoms with E-state index in [2.05, 4.69) is 10.3 Å². The van der Waals surface area contributed by atoms with Gasteiger partial charge in [0.25, 0.3) is 5.91 Å². The van der Waals surface area contributed by atoms with Crippen LogP contribution in [0.5, 0.6) is 0 Å². The van der Waals surface area contributed by atoms with Crippen LogP contribution in [-0.2, 0) is 9.84 Å². The van der Waals surface area contributed by atoms with Gasteiger partial charge in [-0.2, -0.15) is 0 Å². The molecule has 1 aromatic heterocycles. The van der Waals surface area contributed by atoms with E-state index < -0.39 is 9.84 Å². The van der Waals surface area contributed by atoms with E-state index in [1.54, 1.807) is 19.3 Å². The molecule has 1 aliphatic heterocycles.